The van der Waals surface area contributed by atoms with E-state index in [1.165, 1.54) is 4.90 Å². The summed E-state index contributed by atoms with van der Waals surface area (Å²) in [5.74, 6) is -2.53. The van der Waals surface area contributed by atoms with E-state index in [0.717, 1.165) is 18.6 Å². The average Bonchev–Trinajstić information content (AvgIpc) is 3.85. The Morgan fingerprint density at radius 1 is 1.05 bits per heavy atom. The molecule has 3 aliphatic rings. The molecule has 5 heterocycles. The zero-order valence-corrected chi connectivity index (χ0v) is 32.9. The molecule has 0 spiro atoms. The lowest BCUT2D eigenvalue weighted by molar-refractivity contribution is -0.137. The van der Waals surface area contributed by atoms with E-state index in [1.54, 1.807) is 20.8 Å². The third-order valence-electron chi connectivity index (χ3n) is 10.7. The summed E-state index contributed by atoms with van der Waals surface area (Å²) in [5, 5.41) is 14.9. The summed E-state index contributed by atoms with van der Waals surface area (Å²) >= 11 is 0.629. The maximum atomic E-state index is 17.3. The number of likely N-dealkylation sites (tertiary alicyclic amines) is 1. The van der Waals surface area contributed by atoms with Crippen LogP contribution in [-0.4, -0.2) is 97.7 Å². The van der Waals surface area contributed by atoms with Crippen molar-refractivity contribution in [3.63, 3.8) is 0 Å². The Labute approximate surface area is 327 Å². The number of thiazole rings is 1. The van der Waals surface area contributed by atoms with Crippen LogP contribution in [0.5, 0.6) is 6.01 Å². The van der Waals surface area contributed by atoms with Gasteiger partial charge in [-0.15, -0.1) is 0 Å². The number of ether oxygens (including phenoxy) is 2. The Morgan fingerprint density at radius 2 is 1.79 bits per heavy atom. The fourth-order valence-corrected chi connectivity index (χ4v) is 9.42. The Hall–Kier alpha value is -4.65. The van der Waals surface area contributed by atoms with Gasteiger partial charge in [-0.05, 0) is 70.2 Å². The molecule has 19 heteroatoms. The number of hydrogen-bond donors (Lipinski definition) is 3. The van der Waals surface area contributed by atoms with Crippen molar-refractivity contribution in [3.05, 3.63) is 35.4 Å². The predicted octanol–water partition coefficient (Wildman–Crippen LogP) is 9.08. The van der Waals surface area contributed by atoms with Gasteiger partial charge >= 0.3 is 24.4 Å². The molecule has 2 aromatic carbocycles. The number of carbonyl (C=O) groups is 2. The van der Waals surface area contributed by atoms with Crippen LogP contribution < -0.4 is 15.4 Å². The normalized spacial score (nSPS) is 23.0. The molecule has 4 aromatic rings. The van der Waals surface area contributed by atoms with Gasteiger partial charge in [0, 0.05) is 36.0 Å². The number of rotatable bonds is 7. The summed E-state index contributed by atoms with van der Waals surface area (Å²) in [6, 6.07) is 0.825. The molecular weight excluding hydrogens is 781 g/mol. The first-order chi connectivity index (χ1) is 26.5. The number of halogens is 6. The second-order valence-electron chi connectivity index (χ2n) is 17.0. The van der Waals surface area contributed by atoms with Crippen LogP contribution in [0.15, 0.2) is 18.2 Å². The smallest absolute Gasteiger partial charge is 0.417 e. The highest BCUT2D eigenvalue weighted by Gasteiger charge is 2.50. The van der Waals surface area contributed by atoms with Gasteiger partial charge in [0.05, 0.1) is 33.4 Å². The lowest BCUT2D eigenvalue weighted by Crippen LogP contribution is -2.49. The molecule has 2 amide bonds. The topological polar surface area (TPSA) is 142 Å². The number of hydrogen-bond acceptors (Lipinski definition) is 10. The van der Waals surface area contributed by atoms with E-state index in [0.29, 0.717) is 30.4 Å². The molecule has 4 atom stereocenters. The van der Waals surface area contributed by atoms with E-state index in [2.05, 4.69) is 25.6 Å². The van der Waals surface area contributed by atoms with Gasteiger partial charge in [0.1, 0.15) is 35.5 Å². The van der Waals surface area contributed by atoms with Crippen LogP contribution in [0.1, 0.15) is 72.8 Å². The molecule has 2 unspecified atom stereocenters. The molecule has 12 nitrogen and oxygen atoms in total. The lowest BCUT2D eigenvalue weighted by atomic mass is 9.82. The molecule has 0 radical (unpaired) electrons. The number of anilines is 2. The van der Waals surface area contributed by atoms with E-state index in [4.69, 9.17) is 9.47 Å². The van der Waals surface area contributed by atoms with Crippen molar-refractivity contribution < 1.29 is 50.5 Å². The van der Waals surface area contributed by atoms with E-state index >= 15 is 22.0 Å². The minimum absolute atomic E-state index is 0.0703. The number of fused-ring (bicyclic) bond motifs is 3. The predicted molar refractivity (Wildman–Crippen MR) is 201 cm³/mol. The Morgan fingerprint density at radius 3 is 2.46 bits per heavy atom. The van der Waals surface area contributed by atoms with Gasteiger partial charge < -0.3 is 24.8 Å². The summed E-state index contributed by atoms with van der Waals surface area (Å²) in [5.41, 5.74) is -5.99. The van der Waals surface area contributed by atoms with Crippen molar-refractivity contribution in [2.75, 3.05) is 36.9 Å². The van der Waals surface area contributed by atoms with Crippen LogP contribution in [0.2, 0.25) is 0 Å². The third kappa shape index (κ3) is 7.83. The highest BCUT2D eigenvalue weighted by molar-refractivity contribution is 7.22. The quantitative estimate of drug-likeness (QED) is 0.155. The number of nitrogens with one attached hydrogen (secondary N) is 2. The van der Waals surface area contributed by atoms with Gasteiger partial charge in [0.2, 0.25) is 0 Å². The molecular formula is C38H43F6N7O5S. The van der Waals surface area contributed by atoms with Crippen LogP contribution in [0, 0.1) is 17.0 Å². The summed E-state index contributed by atoms with van der Waals surface area (Å²) in [4.78, 5) is 40.9. The maximum Gasteiger partial charge on any atom is 0.417 e. The molecule has 57 heavy (non-hydrogen) atoms. The minimum Gasteiger partial charge on any atom is -0.465 e. The Kier molecular flexibility index (Phi) is 10.2. The number of carboxylic acid groups (broad SMARTS) is 1. The van der Waals surface area contributed by atoms with Crippen molar-refractivity contribution in [3.8, 4) is 17.1 Å². The molecule has 0 saturated carbocycles. The average molecular weight is 824 g/mol. The number of benzene rings is 2. The molecule has 2 aromatic heterocycles. The van der Waals surface area contributed by atoms with E-state index in [1.807, 2.05) is 25.7 Å². The molecule has 3 N–H and O–H groups in total. The third-order valence-corrected chi connectivity index (χ3v) is 11.7. The van der Waals surface area contributed by atoms with Crippen molar-refractivity contribution in [2.45, 2.75) is 103 Å². The van der Waals surface area contributed by atoms with Crippen molar-refractivity contribution in [1.29, 1.82) is 0 Å². The van der Waals surface area contributed by atoms with Crippen LogP contribution >= 0.6 is 11.3 Å². The highest BCUT2D eigenvalue weighted by atomic mass is 32.1. The van der Waals surface area contributed by atoms with Gasteiger partial charge in [-0.2, -0.15) is 23.1 Å². The van der Waals surface area contributed by atoms with Gasteiger partial charge in [0.15, 0.2) is 10.9 Å². The first-order valence-corrected chi connectivity index (χ1v) is 19.4. The molecule has 3 aliphatic heterocycles. The number of alkyl halides is 4. The number of carbonyl (C=O) groups excluding carboxylic acids is 1. The molecule has 0 bridgehead atoms. The standard InChI is InChI=1S/C38H43F6N7O5S/c1-35(2,3)29-23(10-13-51(29)34(53)54)45-30-20-14-21(38(42,43)44)24(19-8-9-22(40)28-27(19)47-32(57-28)49-33(52)56-36(4,5)6)25(41)26(20)46-31(48-30)55-17-37-11-7-12-50(37)16-18(39)15-37/h8-9,14,18,23,29H,7,10-13,15-17H2,1-6H3,(H,53,54)(H,45,46,48)(H,47,49,52)/t18-,23?,29?,37+/m1/s1. The zero-order chi connectivity index (χ0) is 41.4. The SMILES string of the molecule is CC(C)(C)OC(=O)Nc1nc2c(-c3c(C(F)(F)F)cc4c(NC5CCN(C(=O)O)C5C(C)(C)C)nc(OC[C@@]56CCCN5C[C@H](F)C6)nc4c3F)ccc(F)c2s1. The van der Waals surface area contributed by atoms with Gasteiger partial charge in [-0.25, -0.2) is 27.7 Å². The van der Waals surface area contributed by atoms with Crippen LogP contribution in [0.4, 0.5) is 46.9 Å². The molecule has 3 saturated heterocycles. The summed E-state index contributed by atoms with van der Waals surface area (Å²) in [6.07, 6.45) is -6.51. The number of nitrogens with zero attached hydrogens (tertiary/aromatic N) is 5. The van der Waals surface area contributed by atoms with Crippen molar-refractivity contribution in [2.24, 2.45) is 5.41 Å². The fraction of sp³-hybridized carbons (Fsp3) is 0.553. The van der Waals surface area contributed by atoms with E-state index < -0.39 is 87.0 Å². The monoisotopic (exact) mass is 823 g/mol. The second-order valence-corrected chi connectivity index (χ2v) is 18.0. The lowest BCUT2D eigenvalue weighted by Gasteiger charge is -2.37. The highest BCUT2D eigenvalue weighted by Crippen LogP contribution is 2.47. The molecule has 0 aliphatic carbocycles. The second kappa shape index (κ2) is 14.3. The summed E-state index contributed by atoms with van der Waals surface area (Å²) in [6.45, 7) is 11.3. The molecule has 7 rings (SSSR count). The zero-order valence-electron chi connectivity index (χ0n) is 32.1. The minimum atomic E-state index is -5.18. The first kappa shape index (κ1) is 40.5. The van der Waals surface area contributed by atoms with Gasteiger partial charge in [-0.1, -0.05) is 32.1 Å². The first-order valence-electron chi connectivity index (χ1n) is 18.5. The van der Waals surface area contributed by atoms with Crippen LogP contribution in [0.3, 0.4) is 0 Å². The van der Waals surface area contributed by atoms with Crippen LogP contribution in [-0.2, 0) is 10.9 Å². The largest absolute Gasteiger partial charge is 0.465 e. The Bertz CT molecular complexity index is 2240. The van der Waals surface area contributed by atoms with Gasteiger partial charge in [0.25, 0.3) is 0 Å². The van der Waals surface area contributed by atoms with Crippen molar-refractivity contribution in [1.82, 2.24) is 24.8 Å². The fourth-order valence-electron chi connectivity index (χ4n) is 8.54. The summed E-state index contributed by atoms with van der Waals surface area (Å²) < 4.78 is 104. The Balaban J connectivity index is 1.39. The van der Waals surface area contributed by atoms with Crippen LogP contribution in [0.25, 0.3) is 32.2 Å². The van der Waals surface area contributed by atoms with E-state index in [-0.39, 0.29) is 65.1 Å². The summed E-state index contributed by atoms with van der Waals surface area (Å²) in [7, 11) is 0. The number of amides is 2. The van der Waals surface area contributed by atoms with Crippen molar-refractivity contribution >= 4 is 55.6 Å². The molecule has 3 fully saturated rings. The van der Waals surface area contributed by atoms with E-state index in [9.17, 15) is 19.1 Å². The number of aromatic nitrogens is 3. The maximum absolute atomic E-state index is 17.3. The molecule has 308 valence electrons. The van der Waals surface area contributed by atoms with Gasteiger partial charge in [-0.3, -0.25) is 10.2 Å².